The van der Waals surface area contributed by atoms with Gasteiger partial charge in [-0.1, -0.05) is 82.7 Å². The van der Waals surface area contributed by atoms with Gasteiger partial charge in [0, 0.05) is 0 Å². The highest BCUT2D eigenvalue weighted by molar-refractivity contribution is 7.86. The van der Waals surface area contributed by atoms with E-state index in [1.54, 1.807) is 12.1 Å². The third-order valence-electron chi connectivity index (χ3n) is 4.30. The van der Waals surface area contributed by atoms with E-state index in [0.29, 0.717) is 18.4 Å². The van der Waals surface area contributed by atoms with Crippen molar-refractivity contribution in [1.82, 2.24) is 0 Å². The minimum absolute atomic E-state index is 0.394. The van der Waals surface area contributed by atoms with E-state index in [2.05, 4.69) is 6.92 Å². The van der Waals surface area contributed by atoms with Crippen LogP contribution in [0.5, 0.6) is 0 Å². The van der Waals surface area contributed by atoms with E-state index < -0.39 is 14.9 Å². The lowest BCUT2D eigenvalue weighted by molar-refractivity contribution is 0.392. The lowest BCUT2D eigenvalue weighted by Crippen LogP contribution is -2.35. The SMILES string of the molecule is CCCCCCCCC(CC)(c1ccccc1)S(=O)(=O)O. The minimum atomic E-state index is -4.13. The van der Waals surface area contributed by atoms with Gasteiger partial charge in [-0.15, -0.1) is 0 Å². The summed E-state index contributed by atoms with van der Waals surface area (Å²) < 4.78 is 32.7. The van der Waals surface area contributed by atoms with E-state index in [0.717, 1.165) is 19.3 Å². The second-order valence-corrected chi connectivity index (χ2v) is 7.44. The molecular weight excluding hydrogens is 284 g/mol. The molecule has 1 unspecified atom stereocenters. The second-order valence-electron chi connectivity index (χ2n) is 5.71. The molecule has 1 aromatic carbocycles. The number of hydrogen-bond acceptors (Lipinski definition) is 2. The van der Waals surface area contributed by atoms with Crippen molar-refractivity contribution in [2.24, 2.45) is 0 Å². The number of hydrogen-bond donors (Lipinski definition) is 1. The quantitative estimate of drug-likeness (QED) is 0.492. The molecule has 0 bridgehead atoms. The minimum Gasteiger partial charge on any atom is -0.285 e. The van der Waals surface area contributed by atoms with Crippen LogP contribution >= 0.6 is 0 Å². The number of rotatable bonds is 10. The molecule has 0 saturated carbocycles. The van der Waals surface area contributed by atoms with E-state index in [9.17, 15) is 13.0 Å². The van der Waals surface area contributed by atoms with Crippen LogP contribution in [0, 0.1) is 0 Å². The molecule has 0 aliphatic heterocycles. The van der Waals surface area contributed by atoms with Gasteiger partial charge in [-0.05, 0) is 18.4 Å². The Morgan fingerprint density at radius 3 is 2.05 bits per heavy atom. The molecule has 1 rings (SSSR count). The highest BCUT2D eigenvalue weighted by atomic mass is 32.2. The van der Waals surface area contributed by atoms with Gasteiger partial charge in [-0.25, -0.2) is 0 Å². The molecule has 0 aromatic heterocycles. The summed E-state index contributed by atoms with van der Waals surface area (Å²) in [6.45, 7) is 4.01. The normalized spacial score (nSPS) is 14.8. The Morgan fingerprint density at radius 2 is 1.52 bits per heavy atom. The fraction of sp³-hybridized carbons (Fsp3) is 0.647. The summed E-state index contributed by atoms with van der Waals surface area (Å²) in [4.78, 5) is 0. The Balaban J connectivity index is 2.80. The maximum atomic E-state index is 12.0. The smallest absolute Gasteiger partial charge is 0.274 e. The van der Waals surface area contributed by atoms with Crippen LogP contribution in [0.25, 0.3) is 0 Å². The summed E-state index contributed by atoms with van der Waals surface area (Å²) in [6.07, 6.45) is 7.49. The van der Waals surface area contributed by atoms with Crippen molar-refractivity contribution in [3.05, 3.63) is 35.9 Å². The van der Waals surface area contributed by atoms with E-state index in [-0.39, 0.29) is 0 Å². The van der Waals surface area contributed by atoms with Gasteiger partial charge in [0.05, 0.1) is 0 Å². The fourth-order valence-corrected chi connectivity index (χ4v) is 4.12. The average Bonchev–Trinajstić information content (AvgIpc) is 2.46. The van der Waals surface area contributed by atoms with E-state index in [1.165, 1.54) is 19.3 Å². The van der Waals surface area contributed by atoms with Gasteiger partial charge < -0.3 is 0 Å². The first-order valence-electron chi connectivity index (χ1n) is 8.00. The van der Waals surface area contributed by atoms with Crippen LogP contribution in [0.3, 0.4) is 0 Å². The Labute approximate surface area is 129 Å². The highest BCUT2D eigenvalue weighted by Gasteiger charge is 2.42. The predicted octanol–water partition coefficient (Wildman–Crippen LogP) is 4.93. The molecule has 3 nitrogen and oxygen atoms in total. The molecule has 1 aromatic rings. The van der Waals surface area contributed by atoms with Crippen molar-refractivity contribution >= 4 is 10.1 Å². The van der Waals surface area contributed by atoms with Gasteiger partial charge in [0.15, 0.2) is 0 Å². The first-order chi connectivity index (χ1) is 9.98. The molecule has 120 valence electrons. The van der Waals surface area contributed by atoms with Crippen LogP contribution in [0.1, 0.15) is 70.8 Å². The van der Waals surface area contributed by atoms with Crippen LogP contribution in [-0.4, -0.2) is 13.0 Å². The fourth-order valence-electron chi connectivity index (χ4n) is 2.92. The monoisotopic (exact) mass is 312 g/mol. The lowest BCUT2D eigenvalue weighted by Gasteiger charge is -2.30. The topological polar surface area (TPSA) is 54.4 Å². The van der Waals surface area contributed by atoms with Crippen LogP contribution < -0.4 is 0 Å². The van der Waals surface area contributed by atoms with Crippen molar-refractivity contribution in [1.29, 1.82) is 0 Å². The average molecular weight is 312 g/mol. The molecule has 0 heterocycles. The Hall–Kier alpha value is -0.870. The zero-order valence-corrected chi connectivity index (χ0v) is 14.0. The van der Waals surface area contributed by atoms with Crippen molar-refractivity contribution in [3.8, 4) is 0 Å². The number of unbranched alkanes of at least 4 members (excludes halogenated alkanes) is 5. The third kappa shape index (κ3) is 4.82. The van der Waals surface area contributed by atoms with Gasteiger partial charge in [0.1, 0.15) is 4.75 Å². The van der Waals surface area contributed by atoms with Crippen molar-refractivity contribution in [2.45, 2.75) is 70.0 Å². The highest BCUT2D eigenvalue weighted by Crippen LogP contribution is 2.38. The first-order valence-corrected chi connectivity index (χ1v) is 9.44. The summed E-state index contributed by atoms with van der Waals surface area (Å²) in [5, 5.41) is 0. The molecule has 21 heavy (non-hydrogen) atoms. The van der Waals surface area contributed by atoms with Crippen molar-refractivity contribution in [3.63, 3.8) is 0 Å². The zero-order valence-electron chi connectivity index (χ0n) is 13.2. The summed E-state index contributed by atoms with van der Waals surface area (Å²) in [7, 11) is -4.13. The largest absolute Gasteiger partial charge is 0.285 e. The van der Waals surface area contributed by atoms with E-state index in [1.807, 2.05) is 25.1 Å². The molecule has 0 fully saturated rings. The van der Waals surface area contributed by atoms with Crippen molar-refractivity contribution in [2.75, 3.05) is 0 Å². The molecule has 0 saturated heterocycles. The molecule has 0 spiro atoms. The molecule has 4 heteroatoms. The molecule has 0 aliphatic carbocycles. The Kier molecular flexibility index (Phi) is 7.40. The van der Waals surface area contributed by atoms with E-state index >= 15 is 0 Å². The van der Waals surface area contributed by atoms with Gasteiger partial charge in [-0.2, -0.15) is 8.42 Å². The maximum absolute atomic E-state index is 12.0. The first kappa shape index (κ1) is 18.2. The van der Waals surface area contributed by atoms with Gasteiger partial charge >= 0.3 is 0 Å². The van der Waals surface area contributed by atoms with Gasteiger partial charge in [-0.3, -0.25) is 4.55 Å². The van der Waals surface area contributed by atoms with Gasteiger partial charge in [0.2, 0.25) is 0 Å². The summed E-state index contributed by atoms with van der Waals surface area (Å²) in [6, 6.07) is 9.11. The summed E-state index contributed by atoms with van der Waals surface area (Å²) in [5.41, 5.74) is 0.698. The predicted molar refractivity (Wildman–Crippen MR) is 88.0 cm³/mol. The molecule has 0 radical (unpaired) electrons. The maximum Gasteiger partial charge on any atom is 0.274 e. The third-order valence-corrected chi connectivity index (χ3v) is 6.02. The molecule has 1 N–H and O–H groups in total. The Morgan fingerprint density at radius 1 is 0.952 bits per heavy atom. The Bertz CT molecular complexity index is 496. The molecular formula is C17H28O3S. The van der Waals surface area contributed by atoms with Crippen LogP contribution in [0.4, 0.5) is 0 Å². The lowest BCUT2D eigenvalue weighted by atomic mass is 9.89. The zero-order chi connectivity index (χ0) is 15.8. The van der Waals surface area contributed by atoms with Crippen molar-refractivity contribution < 1.29 is 13.0 Å². The summed E-state index contributed by atoms with van der Waals surface area (Å²) >= 11 is 0. The molecule has 1 atom stereocenters. The second kappa shape index (κ2) is 8.54. The standard InChI is InChI=1S/C17H28O3S/c1-3-5-6-7-8-12-15-17(4-2,21(18,19)20)16-13-10-9-11-14-16/h9-11,13-14H,3-8,12,15H2,1-2H3,(H,18,19,20). The van der Waals surface area contributed by atoms with E-state index in [4.69, 9.17) is 0 Å². The van der Waals surface area contributed by atoms with Gasteiger partial charge in [0.25, 0.3) is 10.1 Å². The van der Waals surface area contributed by atoms with Crippen LogP contribution in [0.15, 0.2) is 30.3 Å². The molecule has 0 aliphatic rings. The summed E-state index contributed by atoms with van der Waals surface area (Å²) in [5.74, 6) is 0. The number of benzene rings is 1. The molecule has 0 amide bonds. The van der Waals surface area contributed by atoms with Crippen LogP contribution in [0.2, 0.25) is 0 Å². The van der Waals surface area contributed by atoms with Crippen LogP contribution in [-0.2, 0) is 14.9 Å².